The highest BCUT2D eigenvalue weighted by Crippen LogP contribution is 2.30. The fraction of sp³-hybridized carbons (Fsp3) is 0.556. The number of hydrogen-bond acceptors (Lipinski definition) is 5. The molecule has 0 unspecified atom stereocenters. The van der Waals surface area contributed by atoms with Crippen LogP contribution in [0.3, 0.4) is 0 Å². The number of thioether (sulfide) groups is 1. The molecule has 2 saturated heterocycles. The second-order valence-electron chi connectivity index (χ2n) is 6.31. The smallest absolute Gasteiger partial charge is 0.251 e. The van der Waals surface area contributed by atoms with Gasteiger partial charge in [0.1, 0.15) is 0 Å². The highest BCUT2D eigenvalue weighted by molar-refractivity contribution is 7.99. The van der Waals surface area contributed by atoms with Gasteiger partial charge in [0.2, 0.25) is 0 Å². The zero-order valence-electron chi connectivity index (χ0n) is 13.8. The van der Waals surface area contributed by atoms with Crippen LogP contribution in [0.15, 0.2) is 24.3 Å². The summed E-state index contributed by atoms with van der Waals surface area (Å²) in [5, 5.41) is 12.0. The number of carbonyl (C=O) groups is 1. The van der Waals surface area contributed by atoms with E-state index in [0.29, 0.717) is 17.7 Å². The summed E-state index contributed by atoms with van der Waals surface area (Å²) in [7, 11) is 0. The Hall–Kier alpha value is -1.55. The fourth-order valence-electron chi connectivity index (χ4n) is 3.44. The number of rotatable bonds is 4. The van der Waals surface area contributed by atoms with Crippen molar-refractivity contribution in [3.63, 3.8) is 0 Å². The molecule has 2 aliphatic rings. The van der Waals surface area contributed by atoms with Gasteiger partial charge in [-0.3, -0.25) is 9.69 Å². The summed E-state index contributed by atoms with van der Waals surface area (Å²) in [6.07, 6.45) is 1.93. The average molecular weight is 345 g/mol. The number of nitrogens with zero attached hydrogens (tertiary/aromatic N) is 2. The van der Waals surface area contributed by atoms with E-state index < -0.39 is 0 Å². The van der Waals surface area contributed by atoms with Crippen LogP contribution < -0.4 is 5.32 Å². The average Bonchev–Trinajstić information content (AvgIpc) is 2.67. The van der Waals surface area contributed by atoms with Gasteiger partial charge in [0, 0.05) is 55.5 Å². The summed E-state index contributed by atoms with van der Waals surface area (Å²) in [4.78, 5) is 15.0. The first-order valence-corrected chi connectivity index (χ1v) is 9.58. The van der Waals surface area contributed by atoms with Crippen LogP contribution in [0.2, 0.25) is 0 Å². The summed E-state index contributed by atoms with van der Waals surface area (Å²) < 4.78 is 5.56. The SMILES string of the molecule is N#Cc1ccc(C(=O)NCC2(N3CCSCC3)CCOCC2)cc1. The summed E-state index contributed by atoms with van der Waals surface area (Å²) in [5.74, 6) is 2.25. The summed E-state index contributed by atoms with van der Waals surface area (Å²) in [6.45, 7) is 4.33. The Morgan fingerprint density at radius 3 is 2.54 bits per heavy atom. The molecule has 2 heterocycles. The van der Waals surface area contributed by atoms with Gasteiger partial charge in [0.05, 0.1) is 11.6 Å². The van der Waals surface area contributed by atoms with Crippen LogP contribution in [0.25, 0.3) is 0 Å². The first kappa shape index (κ1) is 17.3. The molecule has 128 valence electrons. The van der Waals surface area contributed by atoms with Crippen molar-refractivity contribution in [3.05, 3.63) is 35.4 Å². The van der Waals surface area contributed by atoms with Gasteiger partial charge in [-0.25, -0.2) is 0 Å². The third-order valence-corrected chi connectivity index (χ3v) is 5.90. The van der Waals surface area contributed by atoms with Crippen LogP contribution in [0.5, 0.6) is 0 Å². The predicted octanol–water partition coefficient (Wildman–Crippen LogP) is 1.89. The van der Waals surface area contributed by atoms with Gasteiger partial charge in [-0.05, 0) is 37.1 Å². The molecule has 1 N–H and O–H groups in total. The Kier molecular flexibility index (Phi) is 5.77. The van der Waals surface area contributed by atoms with Crippen LogP contribution in [0, 0.1) is 11.3 Å². The van der Waals surface area contributed by atoms with Gasteiger partial charge in [-0.1, -0.05) is 0 Å². The fourth-order valence-corrected chi connectivity index (χ4v) is 4.34. The monoisotopic (exact) mass is 345 g/mol. The van der Waals surface area contributed by atoms with Gasteiger partial charge in [-0.2, -0.15) is 17.0 Å². The molecular weight excluding hydrogens is 322 g/mol. The topological polar surface area (TPSA) is 65.4 Å². The summed E-state index contributed by atoms with van der Waals surface area (Å²) in [6, 6.07) is 8.86. The number of ether oxygens (including phenoxy) is 1. The molecule has 3 rings (SSSR count). The molecule has 1 amide bonds. The van der Waals surface area contributed by atoms with E-state index in [1.165, 1.54) is 0 Å². The molecule has 1 aromatic carbocycles. The van der Waals surface area contributed by atoms with Crippen LogP contribution in [-0.2, 0) is 4.74 Å². The summed E-state index contributed by atoms with van der Waals surface area (Å²) in [5.41, 5.74) is 1.19. The minimum atomic E-state index is -0.0725. The number of carbonyl (C=O) groups excluding carboxylic acids is 1. The molecule has 0 aliphatic carbocycles. The van der Waals surface area contributed by atoms with E-state index in [2.05, 4.69) is 16.3 Å². The number of amides is 1. The van der Waals surface area contributed by atoms with E-state index in [0.717, 1.165) is 50.7 Å². The first-order valence-electron chi connectivity index (χ1n) is 8.42. The zero-order chi connectivity index (χ0) is 16.8. The van der Waals surface area contributed by atoms with E-state index >= 15 is 0 Å². The molecule has 2 aliphatic heterocycles. The van der Waals surface area contributed by atoms with E-state index in [-0.39, 0.29) is 11.4 Å². The van der Waals surface area contributed by atoms with E-state index in [1.807, 2.05) is 11.8 Å². The molecule has 0 spiro atoms. The Balaban J connectivity index is 1.66. The third kappa shape index (κ3) is 3.92. The van der Waals surface area contributed by atoms with Crippen molar-refractivity contribution in [2.24, 2.45) is 0 Å². The lowest BCUT2D eigenvalue weighted by Crippen LogP contribution is -2.60. The maximum atomic E-state index is 12.5. The minimum Gasteiger partial charge on any atom is -0.381 e. The zero-order valence-corrected chi connectivity index (χ0v) is 14.6. The van der Waals surface area contributed by atoms with Crippen molar-refractivity contribution < 1.29 is 9.53 Å². The number of nitrogens with one attached hydrogen (secondary N) is 1. The molecule has 0 bridgehead atoms. The molecule has 2 fully saturated rings. The summed E-state index contributed by atoms with van der Waals surface area (Å²) >= 11 is 2.00. The van der Waals surface area contributed by atoms with Crippen LogP contribution in [0.1, 0.15) is 28.8 Å². The lowest BCUT2D eigenvalue weighted by molar-refractivity contribution is -0.0237. The number of hydrogen-bond donors (Lipinski definition) is 1. The van der Waals surface area contributed by atoms with E-state index in [9.17, 15) is 4.79 Å². The second-order valence-corrected chi connectivity index (χ2v) is 7.53. The predicted molar refractivity (Wildman–Crippen MR) is 95.2 cm³/mol. The van der Waals surface area contributed by atoms with Gasteiger partial charge < -0.3 is 10.1 Å². The Morgan fingerprint density at radius 2 is 1.92 bits per heavy atom. The molecule has 0 saturated carbocycles. The van der Waals surface area contributed by atoms with Gasteiger partial charge in [0.25, 0.3) is 5.91 Å². The third-order valence-electron chi connectivity index (χ3n) is 4.96. The number of benzene rings is 1. The maximum absolute atomic E-state index is 12.5. The van der Waals surface area contributed by atoms with E-state index in [1.54, 1.807) is 24.3 Å². The highest BCUT2D eigenvalue weighted by atomic mass is 32.2. The lowest BCUT2D eigenvalue weighted by Gasteiger charge is -2.48. The first-order chi connectivity index (χ1) is 11.7. The van der Waals surface area contributed by atoms with Crippen molar-refractivity contribution in [2.45, 2.75) is 18.4 Å². The Morgan fingerprint density at radius 1 is 1.25 bits per heavy atom. The maximum Gasteiger partial charge on any atom is 0.251 e. The van der Waals surface area contributed by atoms with Crippen molar-refractivity contribution in [1.29, 1.82) is 5.26 Å². The quantitative estimate of drug-likeness (QED) is 0.903. The molecule has 0 atom stereocenters. The second kappa shape index (κ2) is 8.02. The Bertz CT molecular complexity index is 600. The van der Waals surface area contributed by atoms with Crippen LogP contribution >= 0.6 is 11.8 Å². The van der Waals surface area contributed by atoms with Crippen molar-refractivity contribution in [1.82, 2.24) is 10.2 Å². The van der Waals surface area contributed by atoms with E-state index in [4.69, 9.17) is 10.00 Å². The van der Waals surface area contributed by atoms with Crippen molar-refractivity contribution >= 4 is 17.7 Å². The molecule has 0 radical (unpaired) electrons. The van der Waals surface area contributed by atoms with Gasteiger partial charge in [-0.15, -0.1) is 0 Å². The normalized spacial score (nSPS) is 21.0. The highest BCUT2D eigenvalue weighted by Gasteiger charge is 2.39. The molecule has 0 aromatic heterocycles. The molecule has 24 heavy (non-hydrogen) atoms. The minimum absolute atomic E-state index is 0.0154. The van der Waals surface area contributed by atoms with Crippen molar-refractivity contribution in [2.75, 3.05) is 44.4 Å². The van der Waals surface area contributed by atoms with Gasteiger partial charge in [0.15, 0.2) is 0 Å². The van der Waals surface area contributed by atoms with Crippen molar-refractivity contribution in [3.8, 4) is 6.07 Å². The standard InChI is InChI=1S/C18H23N3O2S/c19-13-15-1-3-16(4-2-15)17(22)20-14-18(5-9-23-10-6-18)21-7-11-24-12-8-21/h1-4H,5-12,14H2,(H,20,22). The largest absolute Gasteiger partial charge is 0.381 e. The number of nitriles is 1. The lowest BCUT2D eigenvalue weighted by atomic mass is 9.87. The molecular formula is C18H23N3O2S. The molecule has 5 nitrogen and oxygen atoms in total. The molecule has 1 aromatic rings. The van der Waals surface area contributed by atoms with Crippen LogP contribution in [-0.4, -0.2) is 60.7 Å². The van der Waals surface area contributed by atoms with Gasteiger partial charge >= 0.3 is 0 Å². The molecule has 6 heteroatoms. The van der Waals surface area contributed by atoms with Crippen LogP contribution in [0.4, 0.5) is 0 Å². The Labute approximate surface area is 147 Å².